The SMILES string of the molecule is CC[C@H](C)Oc1ccc(/C=C2/SC(=O)N(CC(=O)O)C2=O)cc1OC. The number of carboxylic acids is 1. The van der Waals surface area contributed by atoms with Crippen LogP contribution >= 0.6 is 11.8 Å². The molecule has 1 aromatic rings. The Kier molecular flexibility index (Phi) is 6.08. The van der Waals surface area contributed by atoms with Crippen LogP contribution in [0.5, 0.6) is 11.5 Å². The van der Waals surface area contributed by atoms with Gasteiger partial charge in [-0.25, -0.2) is 0 Å². The van der Waals surface area contributed by atoms with Gasteiger partial charge in [0.25, 0.3) is 11.1 Å². The van der Waals surface area contributed by atoms with Gasteiger partial charge in [-0.15, -0.1) is 0 Å². The van der Waals surface area contributed by atoms with E-state index >= 15 is 0 Å². The molecule has 1 aliphatic heterocycles. The number of thioether (sulfide) groups is 1. The van der Waals surface area contributed by atoms with Crippen LogP contribution in [-0.2, 0) is 9.59 Å². The monoisotopic (exact) mass is 365 g/mol. The van der Waals surface area contributed by atoms with Gasteiger partial charge in [-0.05, 0) is 48.9 Å². The van der Waals surface area contributed by atoms with Gasteiger partial charge in [-0.3, -0.25) is 19.3 Å². The van der Waals surface area contributed by atoms with Gasteiger partial charge in [0.05, 0.1) is 18.1 Å². The van der Waals surface area contributed by atoms with E-state index < -0.39 is 23.7 Å². The fourth-order valence-corrected chi connectivity index (χ4v) is 2.93. The summed E-state index contributed by atoms with van der Waals surface area (Å²) in [5.74, 6) is -0.750. The molecule has 1 N–H and O–H groups in total. The van der Waals surface area contributed by atoms with Gasteiger partial charge in [0.15, 0.2) is 11.5 Å². The van der Waals surface area contributed by atoms with E-state index in [-0.39, 0.29) is 11.0 Å². The summed E-state index contributed by atoms with van der Waals surface area (Å²) in [6.07, 6.45) is 2.41. The molecule has 0 bridgehead atoms. The van der Waals surface area contributed by atoms with Gasteiger partial charge in [0.1, 0.15) is 6.54 Å². The fourth-order valence-electron chi connectivity index (χ4n) is 2.09. The van der Waals surface area contributed by atoms with E-state index in [4.69, 9.17) is 14.6 Å². The third-order valence-electron chi connectivity index (χ3n) is 3.56. The molecule has 1 saturated heterocycles. The summed E-state index contributed by atoms with van der Waals surface area (Å²) in [5, 5.41) is 8.18. The first-order valence-corrected chi connectivity index (χ1v) is 8.49. The summed E-state index contributed by atoms with van der Waals surface area (Å²) in [6, 6.07) is 5.17. The molecule has 7 nitrogen and oxygen atoms in total. The Morgan fingerprint density at radius 2 is 2.08 bits per heavy atom. The summed E-state index contributed by atoms with van der Waals surface area (Å²) in [7, 11) is 1.52. The average Bonchev–Trinajstić information content (AvgIpc) is 2.83. The average molecular weight is 365 g/mol. The summed E-state index contributed by atoms with van der Waals surface area (Å²) in [4.78, 5) is 35.5. The Labute approximate surface area is 149 Å². The zero-order valence-electron chi connectivity index (χ0n) is 14.1. The minimum absolute atomic E-state index is 0.0345. The number of methoxy groups -OCH3 is 1. The van der Waals surface area contributed by atoms with E-state index in [1.807, 2.05) is 13.8 Å². The van der Waals surface area contributed by atoms with Crippen molar-refractivity contribution in [3.8, 4) is 11.5 Å². The summed E-state index contributed by atoms with van der Waals surface area (Å²) >= 11 is 0.714. The van der Waals surface area contributed by atoms with Crippen LogP contribution in [0.3, 0.4) is 0 Å². The molecule has 0 unspecified atom stereocenters. The van der Waals surface area contributed by atoms with Gasteiger partial charge in [0.2, 0.25) is 0 Å². The predicted molar refractivity (Wildman–Crippen MR) is 93.7 cm³/mol. The highest BCUT2D eigenvalue weighted by molar-refractivity contribution is 8.18. The first kappa shape index (κ1) is 18.9. The number of benzene rings is 1. The smallest absolute Gasteiger partial charge is 0.323 e. The number of carbonyl (C=O) groups is 3. The lowest BCUT2D eigenvalue weighted by Crippen LogP contribution is -2.33. The largest absolute Gasteiger partial charge is 0.493 e. The molecule has 8 heteroatoms. The minimum atomic E-state index is -1.24. The third-order valence-corrected chi connectivity index (χ3v) is 4.46. The highest BCUT2D eigenvalue weighted by atomic mass is 32.2. The Hall–Kier alpha value is -2.48. The number of aliphatic carboxylic acids is 1. The molecule has 1 atom stereocenters. The Morgan fingerprint density at radius 1 is 1.36 bits per heavy atom. The van der Waals surface area contributed by atoms with Crippen LogP contribution in [0.15, 0.2) is 23.1 Å². The molecule has 2 rings (SSSR count). The van der Waals surface area contributed by atoms with Crippen LogP contribution in [-0.4, -0.2) is 46.9 Å². The maximum absolute atomic E-state index is 12.2. The summed E-state index contributed by atoms with van der Waals surface area (Å²) in [5.41, 5.74) is 0.647. The van der Waals surface area contributed by atoms with Crippen LogP contribution < -0.4 is 9.47 Å². The van der Waals surface area contributed by atoms with Crippen molar-refractivity contribution in [3.05, 3.63) is 28.7 Å². The van der Waals surface area contributed by atoms with Crippen molar-refractivity contribution in [2.45, 2.75) is 26.4 Å². The van der Waals surface area contributed by atoms with Gasteiger partial charge >= 0.3 is 5.97 Å². The van der Waals surface area contributed by atoms with Crippen LogP contribution in [0.2, 0.25) is 0 Å². The molecule has 0 spiro atoms. The second-order valence-corrected chi connectivity index (χ2v) is 6.40. The molecule has 0 radical (unpaired) electrons. The van der Waals surface area contributed by atoms with E-state index in [0.717, 1.165) is 6.42 Å². The molecular weight excluding hydrogens is 346 g/mol. The Bertz CT molecular complexity index is 730. The maximum Gasteiger partial charge on any atom is 0.323 e. The van der Waals surface area contributed by atoms with E-state index in [1.165, 1.54) is 13.2 Å². The number of amides is 2. The molecule has 25 heavy (non-hydrogen) atoms. The van der Waals surface area contributed by atoms with Gasteiger partial charge < -0.3 is 14.6 Å². The molecule has 134 valence electrons. The fraction of sp³-hybridized carbons (Fsp3) is 0.353. The highest BCUT2D eigenvalue weighted by Gasteiger charge is 2.36. The Balaban J connectivity index is 2.25. The second-order valence-electron chi connectivity index (χ2n) is 5.41. The first-order valence-electron chi connectivity index (χ1n) is 7.67. The van der Waals surface area contributed by atoms with Gasteiger partial charge in [0, 0.05) is 0 Å². The van der Waals surface area contributed by atoms with Gasteiger partial charge in [-0.1, -0.05) is 13.0 Å². The topological polar surface area (TPSA) is 93.1 Å². The van der Waals surface area contributed by atoms with E-state index in [1.54, 1.807) is 18.2 Å². The molecule has 1 heterocycles. The first-order chi connectivity index (χ1) is 11.8. The van der Waals surface area contributed by atoms with Crippen molar-refractivity contribution < 1.29 is 29.0 Å². The molecule has 0 aromatic heterocycles. The van der Waals surface area contributed by atoms with Crippen molar-refractivity contribution in [1.82, 2.24) is 4.90 Å². The lowest BCUT2D eigenvalue weighted by Gasteiger charge is -2.15. The molecule has 1 fully saturated rings. The Morgan fingerprint density at radius 3 is 2.68 bits per heavy atom. The predicted octanol–water partition coefficient (Wildman–Crippen LogP) is 2.99. The van der Waals surface area contributed by atoms with E-state index in [9.17, 15) is 14.4 Å². The van der Waals surface area contributed by atoms with Crippen molar-refractivity contribution in [2.75, 3.05) is 13.7 Å². The van der Waals surface area contributed by atoms with Crippen LogP contribution in [0.1, 0.15) is 25.8 Å². The molecular formula is C17H19NO6S. The van der Waals surface area contributed by atoms with Crippen LogP contribution in [0, 0.1) is 0 Å². The number of rotatable bonds is 7. The van der Waals surface area contributed by atoms with Crippen molar-refractivity contribution >= 4 is 35.0 Å². The van der Waals surface area contributed by atoms with E-state index in [0.29, 0.717) is 33.7 Å². The minimum Gasteiger partial charge on any atom is -0.493 e. The zero-order valence-corrected chi connectivity index (χ0v) is 15.0. The number of carbonyl (C=O) groups excluding carboxylic acids is 2. The molecule has 0 saturated carbocycles. The lowest BCUT2D eigenvalue weighted by atomic mass is 10.1. The van der Waals surface area contributed by atoms with Crippen molar-refractivity contribution in [1.29, 1.82) is 0 Å². The number of imide groups is 1. The van der Waals surface area contributed by atoms with Gasteiger partial charge in [-0.2, -0.15) is 0 Å². The number of hydrogen-bond acceptors (Lipinski definition) is 6. The number of hydrogen-bond donors (Lipinski definition) is 1. The maximum atomic E-state index is 12.2. The summed E-state index contributed by atoms with van der Waals surface area (Å²) < 4.78 is 11.1. The highest BCUT2D eigenvalue weighted by Crippen LogP contribution is 2.34. The van der Waals surface area contributed by atoms with Crippen molar-refractivity contribution in [3.63, 3.8) is 0 Å². The number of nitrogens with zero attached hydrogens (tertiary/aromatic N) is 1. The third kappa shape index (κ3) is 4.54. The molecule has 1 aromatic carbocycles. The second kappa shape index (κ2) is 8.06. The quantitative estimate of drug-likeness (QED) is 0.742. The number of carboxylic acid groups (broad SMARTS) is 1. The standard InChI is InChI=1S/C17H19NO6S/c1-4-10(2)24-12-6-5-11(7-13(12)23-3)8-14-16(21)18(9-15(19)20)17(22)25-14/h5-8,10H,4,9H2,1-3H3,(H,19,20)/b14-8+/t10-/m0/s1. The van der Waals surface area contributed by atoms with Crippen molar-refractivity contribution in [2.24, 2.45) is 0 Å². The zero-order chi connectivity index (χ0) is 18.6. The molecule has 1 aliphatic rings. The summed E-state index contributed by atoms with van der Waals surface area (Å²) in [6.45, 7) is 3.32. The molecule has 2 amide bonds. The van der Waals surface area contributed by atoms with E-state index in [2.05, 4.69) is 0 Å². The van der Waals surface area contributed by atoms with Crippen LogP contribution in [0.25, 0.3) is 6.08 Å². The normalized spacial score (nSPS) is 17.1. The molecule has 0 aliphatic carbocycles. The van der Waals surface area contributed by atoms with Crippen LogP contribution in [0.4, 0.5) is 4.79 Å². The number of ether oxygens (including phenoxy) is 2. The lowest BCUT2D eigenvalue weighted by molar-refractivity contribution is -0.140.